The van der Waals surface area contributed by atoms with E-state index in [1.165, 1.54) is 6.08 Å². The number of ketones is 1. The van der Waals surface area contributed by atoms with Crippen molar-refractivity contribution in [2.24, 2.45) is 5.41 Å². The van der Waals surface area contributed by atoms with E-state index in [1.54, 1.807) is 24.9 Å². The molecule has 92 valence electrons. The smallest absolute Gasteiger partial charge is 0.222 e. The van der Waals surface area contributed by atoms with Gasteiger partial charge in [-0.3, -0.25) is 9.59 Å². The predicted octanol–water partition coefficient (Wildman–Crippen LogP) is 2.42. The molecule has 3 heteroatoms. The molecule has 0 spiro atoms. The molecule has 0 atom stereocenters. The number of nitrogens with zero attached hydrogens (tertiary/aromatic N) is 1. The number of hydrogen-bond donors (Lipinski definition) is 0. The first-order valence-corrected chi connectivity index (χ1v) is 5.66. The van der Waals surface area contributed by atoms with Gasteiger partial charge >= 0.3 is 0 Å². The van der Waals surface area contributed by atoms with Gasteiger partial charge in [0.15, 0.2) is 5.78 Å². The minimum absolute atomic E-state index is 0.0139. The molecule has 0 rings (SSSR count). The molecule has 0 aliphatic heterocycles. The molecule has 0 aliphatic carbocycles. The van der Waals surface area contributed by atoms with Crippen molar-refractivity contribution in [1.82, 2.24) is 4.90 Å². The second-order valence-corrected chi connectivity index (χ2v) is 5.28. The van der Waals surface area contributed by atoms with Gasteiger partial charge in [-0.05, 0) is 18.4 Å². The molecule has 0 saturated heterocycles. The molecule has 0 bridgehead atoms. The van der Waals surface area contributed by atoms with E-state index < -0.39 is 0 Å². The normalized spacial score (nSPS) is 11.8. The number of carbonyl (C=O) groups is 2. The maximum atomic E-state index is 11.7. The lowest BCUT2D eigenvalue weighted by molar-refractivity contribution is -0.132. The zero-order valence-electron chi connectivity index (χ0n) is 11.0. The Hall–Kier alpha value is -1.12. The Balaban J connectivity index is 4.02. The molecular weight excluding hydrogens is 202 g/mol. The maximum absolute atomic E-state index is 11.7. The van der Waals surface area contributed by atoms with Crippen molar-refractivity contribution >= 4 is 11.7 Å². The van der Waals surface area contributed by atoms with Gasteiger partial charge in [-0.25, -0.2) is 0 Å². The molecule has 0 aromatic rings. The summed E-state index contributed by atoms with van der Waals surface area (Å²) in [7, 11) is 1.79. The fourth-order valence-corrected chi connectivity index (χ4v) is 1.49. The maximum Gasteiger partial charge on any atom is 0.222 e. The molecule has 0 heterocycles. The topological polar surface area (TPSA) is 37.4 Å². The summed E-state index contributed by atoms with van der Waals surface area (Å²) in [4.78, 5) is 24.6. The minimum atomic E-state index is 0.0139. The van der Waals surface area contributed by atoms with Crippen molar-refractivity contribution < 1.29 is 9.59 Å². The van der Waals surface area contributed by atoms with Crippen molar-refractivity contribution in [3.8, 4) is 0 Å². The molecule has 1 amide bonds. The summed E-state index contributed by atoms with van der Waals surface area (Å²) in [5.74, 6) is 0.0489. The third-order valence-electron chi connectivity index (χ3n) is 2.08. The van der Waals surface area contributed by atoms with E-state index in [9.17, 15) is 9.59 Å². The van der Waals surface area contributed by atoms with Crippen LogP contribution in [0.3, 0.4) is 0 Å². The van der Waals surface area contributed by atoms with E-state index in [0.29, 0.717) is 19.4 Å². The molecule has 16 heavy (non-hydrogen) atoms. The Morgan fingerprint density at radius 2 is 1.75 bits per heavy atom. The van der Waals surface area contributed by atoms with Gasteiger partial charge in [-0.1, -0.05) is 26.8 Å². The van der Waals surface area contributed by atoms with Crippen LogP contribution in [0.25, 0.3) is 0 Å². The molecule has 0 unspecified atom stereocenters. The van der Waals surface area contributed by atoms with Gasteiger partial charge in [0.2, 0.25) is 5.91 Å². The molecule has 0 aliphatic rings. The van der Waals surface area contributed by atoms with E-state index in [1.807, 2.05) is 0 Å². The van der Waals surface area contributed by atoms with Gasteiger partial charge in [-0.2, -0.15) is 0 Å². The van der Waals surface area contributed by atoms with E-state index in [2.05, 4.69) is 20.8 Å². The summed E-state index contributed by atoms with van der Waals surface area (Å²) in [6.07, 6.45) is 3.82. The molecule has 3 nitrogen and oxygen atoms in total. The van der Waals surface area contributed by atoms with E-state index in [4.69, 9.17) is 0 Å². The Morgan fingerprint density at radius 1 is 1.19 bits per heavy atom. The predicted molar refractivity (Wildman–Crippen MR) is 66.1 cm³/mol. The fraction of sp³-hybridized carbons (Fsp3) is 0.692. The third-order valence-corrected chi connectivity index (χ3v) is 2.08. The van der Waals surface area contributed by atoms with Crippen LogP contribution in [0.2, 0.25) is 0 Å². The standard InChI is InChI=1S/C13H23NO2/c1-6-7-11(15)8-9-12(16)14(5)10-13(2,3)4/h6-7H,8-10H2,1-5H3/b7-6+. The van der Waals surface area contributed by atoms with Crippen molar-refractivity contribution in [2.45, 2.75) is 40.5 Å². The van der Waals surface area contributed by atoms with Gasteiger partial charge in [-0.15, -0.1) is 0 Å². The molecule has 0 radical (unpaired) electrons. The van der Waals surface area contributed by atoms with Crippen LogP contribution in [0.1, 0.15) is 40.5 Å². The fourth-order valence-electron chi connectivity index (χ4n) is 1.49. The van der Waals surface area contributed by atoms with Crippen LogP contribution in [-0.2, 0) is 9.59 Å². The number of rotatable bonds is 5. The minimum Gasteiger partial charge on any atom is -0.345 e. The van der Waals surface area contributed by atoms with Gasteiger partial charge in [0.25, 0.3) is 0 Å². The Bertz CT molecular complexity index is 274. The largest absolute Gasteiger partial charge is 0.345 e. The summed E-state index contributed by atoms with van der Waals surface area (Å²) in [6, 6.07) is 0. The quantitative estimate of drug-likeness (QED) is 0.674. The highest BCUT2D eigenvalue weighted by atomic mass is 16.2. The average molecular weight is 225 g/mol. The lowest BCUT2D eigenvalue weighted by Crippen LogP contribution is -2.34. The molecule has 0 fully saturated rings. The first kappa shape index (κ1) is 14.9. The van der Waals surface area contributed by atoms with Crippen LogP contribution in [0, 0.1) is 5.41 Å². The molecule has 0 N–H and O–H groups in total. The molecule has 0 saturated carbocycles. The van der Waals surface area contributed by atoms with E-state index in [0.717, 1.165) is 0 Å². The van der Waals surface area contributed by atoms with Gasteiger partial charge in [0.05, 0.1) is 0 Å². The first-order valence-electron chi connectivity index (χ1n) is 5.66. The number of amides is 1. The molecular formula is C13H23NO2. The first-order chi connectivity index (χ1) is 7.26. The molecule has 0 aromatic heterocycles. The Labute approximate surface area is 98.5 Å². The van der Waals surface area contributed by atoms with Crippen molar-refractivity contribution in [2.75, 3.05) is 13.6 Å². The van der Waals surface area contributed by atoms with Crippen LogP contribution in [0.4, 0.5) is 0 Å². The SMILES string of the molecule is C/C=C/C(=O)CCC(=O)N(C)CC(C)(C)C. The highest BCUT2D eigenvalue weighted by Crippen LogP contribution is 2.14. The van der Waals surface area contributed by atoms with Gasteiger partial charge in [0.1, 0.15) is 0 Å². The van der Waals surface area contributed by atoms with E-state index in [-0.39, 0.29) is 17.1 Å². The monoisotopic (exact) mass is 225 g/mol. The summed E-state index contributed by atoms with van der Waals surface area (Å²) >= 11 is 0. The summed E-state index contributed by atoms with van der Waals surface area (Å²) in [6.45, 7) is 8.76. The lowest BCUT2D eigenvalue weighted by Gasteiger charge is -2.26. The lowest BCUT2D eigenvalue weighted by atomic mass is 9.96. The summed E-state index contributed by atoms with van der Waals surface area (Å²) < 4.78 is 0. The number of carbonyl (C=O) groups excluding carboxylic acids is 2. The van der Waals surface area contributed by atoms with Crippen molar-refractivity contribution in [3.63, 3.8) is 0 Å². The molecule has 0 aromatic carbocycles. The van der Waals surface area contributed by atoms with Crippen molar-refractivity contribution in [1.29, 1.82) is 0 Å². The van der Waals surface area contributed by atoms with Crippen LogP contribution >= 0.6 is 0 Å². The van der Waals surface area contributed by atoms with Gasteiger partial charge in [0, 0.05) is 26.4 Å². The second kappa shape index (κ2) is 6.46. The summed E-state index contributed by atoms with van der Waals surface area (Å²) in [5, 5.41) is 0. The van der Waals surface area contributed by atoms with Crippen molar-refractivity contribution in [3.05, 3.63) is 12.2 Å². The Morgan fingerprint density at radius 3 is 2.19 bits per heavy atom. The van der Waals surface area contributed by atoms with Crippen LogP contribution in [-0.4, -0.2) is 30.2 Å². The zero-order valence-corrected chi connectivity index (χ0v) is 11.0. The third kappa shape index (κ3) is 7.21. The average Bonchev–Trinajstić information content (AvgIpc) is 2.11. The van der Waals surface area contributed by atoms with E-state index >= 15 is 0 Å². The highest BCUT2D eigenvalue weighted by molar-refractivity contribution is 5.92. The Kier molecular flexibility index (Phi) is 6.01. The van der Waals surface area contributed by atoms with Gasteiger partial charge < -0.3 is 4.90 Å². The van der Waals surface area contributed by atoms with Crippen LogP contribution < -0.4 is 0 Å². The van der Waals surface area contributed by atoms with Crippen LogP contribution in [0.15, 0.2) is 12.2 Å². The zero-order chi connectivity index (χ0) is 12.8. The second-order valence-electron chi connectivity index (χ2n) is 5.28. The number of hydrogen-bond acceptors (Lipinski definition) is 2. The summed E-state index contributed by atoms with van der Waals surface area (Å²) in [5.41, 5.74) is 0.0950. The van der Waals surface area contributed by atoms with Crippen LogP contribution in [0.5, 0.6) is 0 Å². The highest BCUT2D eigenvalue weighted by Gasteiger charge is 2.17. The number of allylic oxidation sites excluding steroid dienone is 2.